The Labute approximate surface area is 205 Å². The van der Waals surface area contributed by atoms with Gasteiger partial charge in [-0.3, -0.25) is 0 Å². The molecule has 35 heavy (non-hydrogen) atoms. The fourth-order valence-electron chi connectivity index (χ4n) is 7.40. The molecule has 5 aromatic rings. The number of fused-ring (bicyclic) bond motifs is 16. The smallest absolute Gasteiger partial charge is 0.0361 e. The van der Waals surface area contributed by atoms with E-state index in [0.29, 0.717) is 5.92 Å². The Morgan fingerprint density at radius 2 is 1.20 bits per heavy atom. The Kier molecular flexibility index (Phi) is 3.27. The lowest BCUT2D eigenvalue weighted by atomic mass is 9.70. The lowest BCUT2D eigenvalue weighted by Gasteiger charge is -2.32. The van der Waals surface area contributed by atoms with Crippen molar-refractivity contribution in [2.75, 3.05) is 0 Å². The molecule has 4 aliphatic carbocycles. The van der Waals surface area contributed by atoms with Gasteiger partial charge < -0.3 is 0 Å². The maximum atomic E-state index is 2.49. The molecule has 5 aromatic carbocycles. The predicted molar refractivity (Wildman–Crippen MR) is 145 cm³/mol. The maximum absolute atomic E-state index is 2.49. The lowest BCUT2D eigenvalue weighted by Crippen LogP contribution is -2.13. The van der Waals surface area contributed by atoms with Crippen LogP contribution in [-0.4, -0.2) is 0 Å². The second kappa shape index (κ2) is 6.29. The highest BCUT2D eigenvalue weighted by Crippen LogP contribution is 2.60. The standard InChI is InChI=1S/C35H22/c1-4-10-24-21(8-1)18-30-27(24)15-16-29-28-14-13-23-17-20-7-2-5-11-25(20)32(23)35(28)31-19-22-9-3-6-12-26(22)33(31)34(29)30/h1-16,19,33H,17-18H2. The zero-order chi connectivity index (χ0) is 22.7. The number of hydrogen-bond donors (Lipinski definition) is 0. The molecule has 1 unspecified atom stereocenters. The minimum absolute atomic E-state index is 0.303. The van der Waals surface area contributed by atoms with Crippen molar-refractivity contribution < 1.29 is 0 Å². The van der Waals surface area contributed by atoms with Gasteiger partial charge in [-0.1, -0.05) is 97.1 Å². The van der Waals surface area contributed by atoms with E-state index in [2.05, 4.69) is 103 Å². The number of allylic oxidation sites excluding steroid dienone is 1. The molecule has 0 bridgehead atoms. The van der Waals surface area contributed by atoms with Crippen LogP contribution in [0.25, 0.3) is 45.0 Å². The van der Waals surface area contributed by atoms with E-state index < -0.39 is 0 Å². The van der Waals surface area contributed by atoms with Gasteiger partial charge in [0.25, 0.3) is 0 Å². The first-order valence-corrected chi connectivity index (χ1v) is 12.7. The largest absolute Gasteiger partial charge is 0.0619 e. The maximum Gasteiger partial charge on any atom is 0.0361 e. The third-order valence-corrected chi connectivity index (χ3v) is 8.79. The van der Waals surface area contributed by atoms with Gasteiger partial charge in [0.05, 0.1) is 0 Å². The van der Waals surface area contributed by atoms with Crippen LogP contribution in [0.15, 0.2) is 97.1 Å². The summed E-state index contributed by atoms with van der Waals surface area (Å²) in [7, 11) is 0. The van der Waals surface area contributed by atoms with Crippen LogP contribution in [0.5, 0.6) is 0 Å². The van der Waals surface area contributed by atoms with Crippen molar-refractivity contribution in [1.82, 2.24) is 0 Å². The Hall–Kier alpha value is -4.16. The van der Waals surface area contributed by atoms with E-state index in [1.54, 1.807) is 0 Å². The summed E-state index contributed by atoms with van der Waals surface area (Å²) in [6.45, 7) is 0. The molecule has 0 amide bonds. The second-order valence-electron chi connectivity index (χ2n) is 10.4. The SMILES string of the molecule is C1=C2c3c(ccc4c3-c3ccccc3C4)-c3ccc4c(c3C2c2ccccc21)Cc1ccccc1-4. The third kappa shape index (κ3) is 2.19. The van der Waals surface area contributed by atoms with E-state index >= 15 is 0 Å². The minimum Gasteiger partial charge on any atom is -0.0619 e. The van der Waals surface area contributed by atoms with Crippen LogP contribution in [0.4, 0.5) is 0 Å². The molecule has 0 heterocycles. The average Bonchev–Trinajstić information content (AvgIpc) is 3.59. The quantitative estimate of drug-likeness (QED) is 0.221. The van der Waals surface area contributed by atoms with Crippen LogP contribution >= 0.6 is 0 Å². The molecule has 0 saturated carbocycles. The first-order valence-electron chi connectivity index (χ1n) is 12.7. The predicted octanol–water partition coefficient (Wildman–Crippen LogP) is 8.50. The van der Waals surface area contributed by atoms with Gasteiger partial charge in [-0.25, -0.2) is 0 Å². The fourth-order valence-corrected chi connectivity index (χ4v) is 7.40. The van der Waals surface area contributed by atoms with E-state index in [1.807, 2.05) is 0 Å². The highest BCUT2D eigenvalue weighted by atomic mass is 14.4. The molecular weight excluding hydrogens is 420 g/mol. The molecule has 9 rings (SSSR count). The molecule has 0 heteroatoms. The van der Waals surface area contributed by atoms with Crippen LogP contribution in [0.2, 0.25) is 0 Å². The monoisotopic (exact) mass is 442 g/mol. The van der Waals surface area contributed by atoms with Crippen LogP contribution in [0.1, 0.15) is 50.4 Å². The molecule has 0 spiro atoms. The molecule has 0 nitrogen and oxygen atoms in total. The molecule has 4 aliphatic rings. The molecule has 1 atom stereocenters. The minimum atomic E-state index is 0.303. The van der Waals surface area contributed by atoms with Gasteiger partial charge in [0.1, 0.15) is 0 Å². The summed E-state index contributed by atoms with van der Waals surface area (Å²) in [6.07, 6.45) is 4.56. The molecule has 0 aromatic heterocycles. The third-order valence-electron chi connectivity index (χ3n) is 8.79. The van der Waals surface area contributed by atoms with E-state index in [4.69, 9.17) is 0 Å². The Morgan fingerprint density at radius 3 is 2.11 bits per heavy atom. The molecule has 0 radical (unpaired) electrons. The number of rotatable bonds is 0. The summed E-state index contributed by atoms with van der Waals surface area (Å²) in [5, 5.41) is 0. The van der Waals surface area contributed by atoms with E-state index in [0.717, 1.165) is 12.8 Å². The van der Waals surface area contributed by atoms with E-state index in [9.17, 15) is 0 Å². The molecule has 0 aliphatic heterocycles. The summed E-state index contributed by atoms with van der Waals surface area (Å²) in [4.78, 5) is 0. The Balaban J connectivity index is 1.41. The van der Waals surface area contributed by atoms with Crippen LogP contribution in [0.3, 0.4) is 0 Å². The topological polar surface area (TPSA) is 0 Å². The molecule has 0 fully saturated rings. The van der Waals surface area contributed by atoms with Gasteiger partial charge in [-0.2, -0.15) is 0 Å². The first kappa shape index (κ1) is 18.2. The highest BCUT2D eigenvalue weighted by Gasteiger charge is 2.40. The van der Waals surface area contributed by atoms with Gasteiger partial charge in [-0.05, 0) is 102 Å². The van der Waals surface area contributed by atoms with Crippen molar-refractivity contribution >= 4 is 11.6 Å². The number of hydrogen-bond acceptors (Lipinski definition) is 0. The van der Waals surface area contributed by atoms with E-state index in [1.165, 1.54) is 83.5 Å². The van der Waals surface area contributed by atoms with Gasteiger partial charge >= 0.3 is 0 Å². The van der Waals surface area contributed by atoms with Crippen LogP contribution < -0.4 is 0 Å². The van der Waals surface area contributed by atoms with Crippen molar-refractivity contribution in [3.63, 3.8) is 0 Å². The summed E-state index contributed by atoms with van der Waals surface area (Å²) in [5.74, 6) is 0.303. The molecular formula is C35H22. The first-order chi connectivity index (χ1) is 17.4. The van der Waals surface area contributed by atoms with Crippen LogP contribution in [-0.2, 0) is 12.8 Å². The van der Waals surface area contributed by atoms with Crippen LogP contribution in [0, 0.1) is 0 Å². The van der Waals surface area contributed by atoms with Crippen molar-refractivity contribution in [3.8, 4) is 33.4 Å². The van der Waals surface area contributed by atoms with Crippen molar-refractivity contribution in [1.29, 1.82) is 0 Å². The zero-order valence-electron chi connectivity index (χ0n) is 19.3. The summed E-state index contributed by atoms with van der Waals surface area (Å²) < 4.78 is 0. The highest BCUT2D eigenvalue weighted by molar-refractivity contribution is 6.08. The molecule has 0 saturated heterocycles. The van der Waals surface area contributed by atoms with Gasteiger partial charge in [0, 0.05) is 5.92 Å². The van der Waals surface area contributed by atoms with Gasteiger partial charge in [0.15, 0.2) is 0 Å². The van der Waals surface area contributed by atoms with E-state index in [-0.39, 0.29) is 0 Å². The fraction of sp³-hybridized carbons (Fsp3) is 0.0857. The lowest BCUT2D eigenvalue weighted by molar-refractivity contribution is 1.02. The normalized spacial score (nSPS) is 16.8. The van der Waals surface area contributed by atoms with Crippen molar-refractivity contribution in [2.24, 2.45) is 0 Å². The van der Waals surface area contributed by atoms with Crippen molar-refractivity contribution in [2.45, 2.75) is 18.8 Å². The Bertz CT molecular complexity index is 1800. The number of benzene rings is 5. The molecule has 0 N–H and O–H groups in total. The Morgan fingerprint density at radius 1 is 0.486 bits per heavy atom. The average molecular weight is 443 g/mol. The van der Waals surface area contributed by atoms with Crippen molar-refractivity contribution in [3.05, 3.63) is 142 Å². The second-order valence-corrected chi connectivity index (χ2v) is 10.4. The zero-order valence-corrected chi connectivity index (χ0v) is 19.3. The summed E-state index contributed by atoms with van der Waals surface area (Å²) in [5.41, 5.74) is 21.8. The van der Waals surface area contributed by atoms with Gasteiger partial charge in [-0.15, -0.1) is 0 Å². The molecule has 162 valence electrons. The summed E-state index contributed by atoms with van der Waals surface area (Å²) >= 11 is 0. The summed E-state index contributed by atoms with van der Waals surface area (Å²) in [6, 6.07) is 36.6. The van der Waals surface area contributed by atoms with Gasteiger partial charge in [0.2, 0.25) is 0 Å².